The highest BCUT2D eigenvalue weighted by Gasteiger charge is 2.02. The van der Waals surface area contributed by atoms with Crippen molar-refractivity contribution in [3.8, 4) is 0 Å². The molecule has 0 bridgehead atoms. The van der Waals surface area contributed by atoms with Gasteiger partial charge in [-0.05, 0) is 39.3 Å². The van der Waals surface area contributed by atoms with Crippen LogP contribution in [0.15, 0.2) is 54.3 Å². The number of hydrogen-bond acceptors (Lipinski definition) is 1. The molecule has 1 aromatic rings. The Bertz CT molecular complexity index is 450. The molecule has 0 unspecified atom stereocenters. The van der Waals surface area contributed by atoms with Crippen molar-refractivity contribution < 1.29 is 0 Å². The van der Waals surface area contributed by atoms with Crippen molar-refractivity contribution in [1.82, 2.24) is 0 Å². The predicted molar refractivity (Wildman–Crippen MR) is 78.0 cm³/mol. The molecule has 0 aliphatic heterocycles. The van der Waals surface area contributed by atoms with E-state index in [-0.39, 0.29) is 0 Å². The quantitative estimate of drug-likeness (QED) is 0.714. The molecule has 0 saturated carbocycles. The lowest BCUT2D eigenvalue weighted by Gasteiger charge is -2.12. The monoisotopic (exact) mass is 227 g/mol. The zero-order chi connectivity index (χ0) is 12.7. The highest BCUT2D eigenvalue weighted by molar-refractivity contribution is 5.76. The summed E-state index contributed by atoms with van der Waals surface area (Å²) in [6.45, 7) is 8.26. The van der Waals surface area contributed by atoms with Gasteiger partial charge in [-0.2, -0.15) is 0 Å². The number of para-hydroxylation sites is 1. The summed E-state index contributed by atoms with van der Waals surface area (Å²) < 4.78 is 0. The molecule has 1 rings (SSSR count). The van der Waals surface area contributed by atoms with E-state index in [0.29, 0.717) is 0 Å². The van der Waals surface area contributed by atoms with E-state index >= 15 is 0 Å². The van der Waals surface area contributed by atoms with E-state index in [4.69, 9.17) is 0 Å². The summed E-state index contributed by atoms with van der Waals surface area (Å²) in [6.07, 6.45) is 8.30. The topological polar surface area (TPSA) is 12.0 Å². The fourth-order valence-corrected chi connectivity index (χ4v) is 1.55. The minimum Gasteiger partial charge on any atom is -0.359 e. The first-order chi connectivity index (χ1) is 8.19. The maximum atomic E-state index is 3.41. The average Bonchev–Trinajstić information content (AvgIpc) is 2.36. The molecule has 1 N–H and O–H groups in total. The van der Waals surface area contributed by atoms with Gasteiger partial charge in [0.15, 0.2) is 0 Å². The van der Waals surface area contributed by atoms with Crippen molar-refractivity contribution >= 4 is 11.3 Å². The summed E-state index contributed by atoms with van der Waals surface area (Å²) in [6, 6.07) is 8.37. The van der Waals surface area contributed by atoms with Gasteiger partial charge in [0, 0.05) is 16.9 Å². The van der Waals surface area contributed by atoms with Crippen LogP contribution in [-0.2, 0) is 0 Å². The third-order valence-electron chi connectivity index (χ3n) is 2.66. The van der Waals surface area contributed by atoms with Crippen molar-refractivity contribution in [2.45, 2.75) is 27.7 Å². The Morgan fingerprint density at radius 3 is 2.47 bits per heavy atom. The number of nitrogens with one attached hydrogen (secondary N) is 1. The Kier molecular flexibility index (Phi) is 5.28. The summed E-state index contributed by atoms with van der Waals surface area (Å²) in [4.78, 5) is 0. The van der Waals surface area contributed by atoms with Gasteiger partial charge in [-0.3, -0.25) is 0 Å². The maximum Gasteiger partial charge on any atom is 0.0457 e. The summed E-state index contributed by atoms with van der Waals surface area (Å²) in [7, 11) is 0. The number of allylic oxidation sites excluding steroid dienone is 6. The molecule has 0 amide bonds. The fourth-order valence-electron chi connectivity index (χ4n) is 1.55. The minimum absolute atomic E-state index is 1.15. The molecule has 17 heavy (non-hydrogen) atoms. The smallest absolute Gasteiger partial charge is 0.0457 e. The highest BCUT2D eigenvalue weighted by Crippen LogP contribution is 2.24. The summed E-state index contributed by atoms with van der Waals surface area (Å²) >= 11 is 0. The van der Waals surface area contributed by atoms with Crippen LogP contribution in [0.2, 0.25) is 0 Å². The summed E-state index contributed by atoms with van der Waals surface area (Å²) in [5, 5.41) is 3.41. The van der Waals surface area contributed by atoms with Crippen LogP contribution in [0, 0.1) is 0 Å². The fraction of sp³-hybridized carbons (Fsp3) is 0.250. The molecule has 0 fully saturated rings. The minimum atomic E-state index is 1.15. The molecule has 0 radical (unpaired) electrons. The summed E-state index contributed by atoms with van der Waals surface area (Å²) in [5.41, 5.74) is 4.82. The van der Waals surface area contributed by atoms with Gasteiger partial charge in [-0.15, -0.1) is 0 Å². The number of benzene rings is 1. The van der Waals surface area contributed by atoms with E-state index < -0.39 is 0 Å². The lowest BCUT2D eigenvalue weighted by atomic mass is 10.0. The van der Waals surface area contributed by atoms with Gasteiger partial charge in [-0.25, -0.2) is 0 Å². The molecular weight excluding hydrogens is 206 g/mol. The largest absolute Gasteiger partial charge is 0.359 e. The van der Waals surface area contributed by atoms with Crippen LogP contribution in [0.25, 0.3) is 5.57 Å². The summed E-state index contributed by atoms with van der Waals surface area (Å²) in [5.74, 6) is 0. The molecule has 0 heterocycles. The molecule has 0 aromatic heterocycles. The van der Waals surface area contributed by atoms with Gasteiger partial charge in [-0.1, -0.05) is 42.5 Å². The lowest BCUT2D eigenvalue weighted by Crippen LogP contribution is -1.98. The van der Waals surface area contributed by atoms with Gasteiger partial charge in [0.05, 0.1) is 0 Å². The first-order valence-electron chi connectivity index (χ1n) is 5.98. The maximum absolute atomic E-state index is 3.41. The SMILES string of the molecule is C/C=C\C=C(C)c1ccccc1N/C(C)=C/C. The number of hydrogen-bond donors (Lipinski definition) is 1. The van der Waals surface area contributed by atoms with Crippen LogP contribution in [0.1, 0.15) is 33.3 Å². The molecule has 0 spiro atoms. The van der Waals surface area contributed by atoms with Crippen LogP contribution in [0.5, 0.6) is 0 Å². The zero-order valence-corrected chi connectivity index (χ0v) is 11.1. The van der Waals surface area contributed by atoms with Crippen molar-refractivity contribution in [2.24, 2.45) is 0 Å². The van der Waals surface area contributed by atoms with E-state index in [9.17, 15) is 0 Å². The van der Waals surface area contributed by atoms with Crippen LogP contribution < -0.4 is 5.32 Å². The number of rotatable bonds is 4. The standard InChI is InChI=1S/C16H21N/c1-5-7-10-13(3)15-11-8-9-12-16(15)17-14(4)6-2/h5-12,17H,1-4H3/b7-5-,13-10?,14-6+. The molecule has 90 valence electrons. The van der Waals surface area contributed by atoms with Gasteiger partial charge in [0.1, 0.15) is 0 Å². The first-order valence-corrected chi connectivity index (χ1v) is 5.98. The molecule has 1 heteroatoms. The molecule has 1 aromatic carbocycles. The van der Waals surface area contributed by atoms with Gasteiger partial charge >= 0.3 is 0 Å². The first kappa shape index (κ1) is 13.3. The van der Waals surface area contributed by atoms with Gasteiger partial charge in [0.25, 0.3) is 0 Å². The van der Waals surface area contributed by atoms with Crippen molar-refractivity contribution in [3.05, 3.63) is 59.8 Å². The van der Waals surface area contributed by atoms with Crippen LogP contribution in [0.3, 0.4) is 0 Å². The second kappa shape index (κ2) is 6.74. The van der Waals surface area contributed by atoms with E-state index in [0.717, 1.165) is 11.4 Å². The van der Waals surface area contributed by atoms with Crippen LogP contribution in [-0.4, -0.2) is 0 Å². The molecular formula is C16H21N. The Hall–Kier alpha value is -1.76. The van der Waals surface area contributed by atoms with Crippen molar-refractivity contribution in [1.29, 1.82) is 0 Å². The van der Waals surface area contributed by atoms with E-state index in [1.54, 1.807) is 0 Å². The third-order valence-corrected chi connectivity index (χ3v) is 2.66. The predicted octanol–water partition coefficient (Wildman–Crippen LogP) is 5.00. The third kappa shape index (κ3) is 3.95. The van der Waals surface area contributed by atoms with E-state index in [1.807, 2.05) is 19.9 Å². The van der Waals surface area contributed by atoms with Crippen LogP contribution >= 0.6 is 0 Å². The van der Waals surface area contributed by atoms with Crippen molar-refractivity contribution in [3.63, 3.8) is 0 Å². The Balaban J connectivity index is 3.07. The molecule has 0 aliphatic rings. The second-order valence-corrected chi connectivity index (χ2v) is 4.02. The Labute approximate surface area is 105 Å². The molecule has 0 atom stereocenters. The van der Waals surface area contributed by atoms with E-state index in [1.165, 1.54) is 11.1 Å². The normalized spacial score (nSPS) is 13.2. The van der Waals surface area contributed by atoms with Crippen LogP contribution in [0.4, 0.5) is 5.69 Å². The van der Waals surface area contributed by atoms with Crippen molar-refractivity contribution in [2.75, 3.05) is 5.32 Å². The van der Waals surface area contributed by atoms with Gasteiger partial charge < -0.3 is 5.32 Å². The van der Waals surface area contributed by atoms with Gasteiger partial charge in [0.2, 0.25) is 0 Å². The zero-order valence-electron chi connectivity index (χ0n) is 11.1. The highest BCUT2D eigenvalue weighted by atomic mass is 14.9. The molecule has 0 saturated heterocycles. The Morgan fingerprint density at radius 2 is 1.82 bits per heavy atom. The lowest BCUT2D eigenvalue weighted by molar-refractivity contribution is 1.34. The molecule has 0 aliphatic carbocycles. The Morgan fingerprint density at radius 1 is 1.12 bits per heavy atom. The van der Waals surface area contributed by atoms with E-state index in [2.05, 4.69) is 61.7 Å². The average molecular weight is 227 g/mol. The number of anilines is 1. The second-order valence-electron chi connectivity index (χ2n) is 4.02. The molecule has 1 nitrogen and oxygen atoms in total.